The maximum atomic E-state index is 5.49. The molecule has 78 valence electrons. The summed E-state index contributed by atoms with van der Waals surface area (Å²) in [6.45, 7) is 0. The first kappa shape index (κ1) is 9.42. The molecule has 6 heteroatoms. The van der Waals surface area contributed by atoms with Crippen molar-refractivity contribution in [2.24, 2.45) is 5.84 Å². The molecule has 1 fully saturated rings. The summed E-state index contributed by atoms with van der Waals surface area (Å²) in [4.78, 5) is 4.11. The van der Waals surface area contributed by atoms with Gasteiger partial charge in [0.05, 0.1) is 0 Å². The van der Waals surface area contributed by atoms with E-state index >= 15 is 0 Å². The molecule has 0 bridgehead atoms. The lowest BCUT2D eigenvalue weighted by atomic mass is 10.0. The second kappa shape index (κ2) is 3.55. The van der Waals surface area contributed by atoms with Crippen LogP contribution in [0.15, 0.2) is 4.52 Å². The summed E-state index contributed by atoms with van der Waals surface area (Å²) < 4.78 is 10.4. The summed E-state index contributed by atoms with van der Waals surface area (Å²) in [5, 5.41) is 3.86. The van der Waals surface area contributed by atoms with Crippen molar-refractivity contribution in [3.05, 3.63) is 5.82 Å². The molecule has 0 saturated heterocycles. The third-order valence-corrected chi connectivity index (χ3v) is 2.76. The number of hydrogen-bond donors (Lipinski definition) is 2. The molecule has 0 unspecified atom stereocenters. The number of aromatic nitrogens is 2. The summed E-state index contributed by atoms with van der Waals surface area (Å²) in [5.41, 5.74) is 1.95. The number of anilines is 1. The maximum absolute atomic E-state index is 5.49. The van der Waals surface area contributed by atoms with E-state index in [4.69, 9.17) is 15.1 Å². The van der Waals surface area contributed by atoms with Crippen molar-refractivity contribution in [3.8, 4) is 0 Å². The van der Waals surface area contributed by atoms with Crippen LogP contribution in [-0.4, -0.2) is 17.3 Å². The van der Waals surface area contributed by atoms with Crippen LogP contribution in [0.3, 0.4) is 0 Å². The highest BCUT2D eigenvalue weighted by Crippen LogP contribution is 2.40. The van der Waals surface area contributed by atoms with Crippen LogP contribution in [0.2, 0.25) is 0 Å². The Morgan fingerprint density at radius 2 is 2.21 bits per heavy atom. The quantitative estimate of drug-likeness (QED) is 0.551. The molecule has 1 aromatic heterocycles. The van der Waals surface area contributed by atoms with Gasteiger partial charge in [0.25, 0.3) is 0 Å². The van der Waals surface area contributed by atoms with Crippen molar-refractivity contribution in [2.75, 3.05) is 12.5 Å². The Balaban J connectivity index is 2.26. The van der Waals surface area contributed by atoms with Crippen LogP contribution >= 0.6 is 0 Å². The van der Waals surface area contributed by atoms with Crippen LogP contribution in [0.5, 0.6) is 0 Å². The summed E-state index contributed by atoms with van der Waals surface area (Å²) >= 11 is 0. The van der Waals surface area contributed by atoms with Crippen molar-refractivity contribution in [1.82, 2.24) is 10.1 Å². The summed E-state index contributed by atoms with van der Waals surface area (Å²) in [6.07, 6.45) is 4.14. The third kappa shape index (κ3) is 1.36. The van der Waals surface area contributed by atoms with Gasteiger partial charge in [0.1, 0.15) is 5.60 Å². The van der Waals surface area contributed by atoms with Crippen LogP contribution in [0.1, 0.15) is 31.5 Å². The van der Waals surface area contributed by atoms with Crippen LogP contribution in [-0.2, 0) is 10.3 Å². The molecule has 0 radical (unpaired) electrons. The molecule has 1 heterocycles. The van der Waals surface area contributed by atoms with Gasteiger partial charge >= 0.3 is 6.01 Å². The number of methoxy groups -OCH3 is 1. The van der Waals surface area contributed by atoms with Crippen LogP contribution in [0, 0.1) is 0 Å². The molecule has 1 saturated carbocycles. The van der Waals surface area contributed by atoms with Gasteiger partial charge in [0.15, 0.2) is 0 Å². The van der Waals surface area contributed by atoms with E-state index in [0.717, 1.165) is 25.7 Å². The fraction of sp³-hybridized carbons (Fsp3) is 0.750. The number of nitrogens with one attached hydrogen (secondary N) is 1. The molecular weight excluding hydrogens is 184 g/mol. The number of hydrazine groups is 1. The van der Waals surface area contributed by atoms with Crippen molar-refractivity contribution in [3.63, 3.8) is 0 Å². The Bertz CT molecular complexity index is 306. The van der Waals surface area contributed by atoms with Crippen molar-refractivity contribution in [1.29, 1.82) is 0 Å². The molecule has 2 rings (SSSR count). The molecule has 6 nitrogen and oxygen atoms in total. The largest absolute Gasteiger partial charge is 0.370 e. The Morgan fingerprint density at radius 3 is 2.71 bits per heavy atom. The highest BCUT2D eigenvalue weighted by molar-refractivity contribution is 5.18. The molecule has 0 amide bonds. The number of ether oxygens (including phenoxy) is 1. The first-order valence-electron chi connectivity index (χ1n) is 4.67. The number of hydrogen-bond acceptors (Lipinski definition) is 6. The van der Waals surface area contributed by atoms with E-state index in [1.165, 1.54) is 0 Å². The monoisotopic (exact) mass is 198 g/mol. The van der Waals surface area contributed by atoms with Crippen molar-refractivity contribution in [2.45, 2.75) is 31.3 Å². The number of rotatable bonds is 3. The Morgan fingerprint density at radius 1 is 1.50 bits per heavy atom. The zero-order chi connectivity index (χ0) is 10.0. The average molecular weight is 198 g/mol. The van der Waals surface area contributed by atoms with Crippen LogP contribution < -0.4 is 11.3 Å². The van der Waals surface area contributed by atoms with Gasteiger partial charge in [-0.1, -0.05) is 5.16 Å². The Hall–Kier alpha value is -1.14. The van der Waals surface area contributed by atoms with Gasteiger partial charge in [-0.15, -0.1) is 0 Å². The topological polar surface area (TPSA) is 86.2 Å². The predicted octanol–water partition coefficient (Wildman–Crippen LogP) is 0.771. The molecule has 14 heavy (non-hydrogen) atoms. The van der Waals surface area contributed by atoms with E-state index in [1.54, 1.807) is 7.11 Å². The fourth-order valence-electron chi connectivity index (χ4n) is 1.93. The van der Waals surface area contributed by atoms with Gasteiger partial charge in [0.2, 0.25) is 5.82 Å². The van der Waals surface area contributed by atoms with E-state index in [9.17, 15) is 0 Å². The van der Waals surface area contributed by atoms with Gasteiger partial charge in [-0.3, -0.25) is 5.43 Å². The predicted molar refractivity (Wildman–Crippen MR) is 49.3 cm³/mol. The molecule has 0 atom stereocenters. The molecular formula is C8H14N4O2. The van der Waals surface area contributed by atoms with E-state index in [2.05, 4.69) is 15.6 Å². The van der Waals surface area contributed by atoms with E-state index in [-0.39, 0.29) is 11.6 Å². The second-order valence-electron chi connectivity index (χ2n) is 3.47. The Kier molecular flexibility index (Phi) is 2.39. The summed E-state index contributed by atoms with van der Waals surface area (Å²) in [6, 6.07) is 0.225. The molecule has 1 aliphatic rings. The van der Waals surface area contributed by atoms with Crippen molar-refractivity contribution < 1.29 is 9.26 Å². The minimum absolute atomic E-state index is 0.225. The van der Waals surface area contributed by atoms with Gasteiger partial charge in [-0.2, -0.15) is 4.98 Å². The van der Waals surface area contributed by atoms with Gasteiger partial charge in [0, 0.05) is 7.11 Å². The van der Waals surface area contributed by atoms with Gasteiger partial charge < -0.3 is 9.26 Å². The second-order valence-corrected chi connectivity index (χ2v) is 3.47. The lowest BCUT2D eigenvalue weighted by molar-refractivity contribution is -0.0178. The average Bonchev–Trinajstić information content (AvgIpc) is 2.87. The smallest absolute Gasteiger partial charge is 0.335 e. The van der Waals surface area contributed by atoms with E-state index in [1.807, 2.05) is 0 Å². The fourth-order valence-corrected chi connectivity index (χ4v) is 1.93. The van der Waals surface area contributed by atoms with Gasteiger partial charge in [-0.25, -0.2) is 5.84 Å². The number of nitrogens with zero attached hydrogens (tertiary/aromatic N) is 2. The van der Waals surface area contributed by atoms with E-state index < -0.39 is 0 Å². The SMILES string of the molecule is COC1(c2noc(NN)n2)CCCC1. The highest BCUT2D eigenvalue weighted by atomic mass is 16.5. The Labute approximate surface area is 81.8 Å². The lowest BCUT2D eigenvalue weighted by Crippen LogP contribution is -2.26. The lowest BCUT2D eigenvalue weighted by Gasteiger charge is -2.22. The van der Waals surface area contributed by atoms with Crippen LogP contribution in [0.25, 0.3) is 0 Å². The zero-order valence-electron chi connectivity index (χ0n) is 8.12. The first-order chi connectivity index (χ1) is 6.80. The molecule has 1 aliphatic carbocycles. The third-order valence-electron chi connectivity index (χ3n) is 2.76. The molecule has 1 aromatic rings. The van der Waals surface area contributed by atoms with Crippen LogP contribution in [0.4, 0.5) is 6.01 Å². The van der Waals surface area contributed by atoms with E-state index in [0.29, 0.717) is 5.82 Å². The minimum atomic E-state index is -0.362. The molecule has 0 aromatic carbocycles. The molecule has 0 spiro atoms. The minimum Gasteiger partial charge on any atom is -0.370 e. The number of nitrogen functional groups attached to an aromatic ring is 1. The summed E-state index contributed by atoms with van der Waals surface area (Å²) in [7, 11) is 1.68. The zero-order valence-corrected chi connectivity index (χ0v) is 8.12. The number of nitrogens with two attached hydrogens (primary N) is 1. The van der Waals surface area contributed by atoms with Crippen molar-refractivity contribution >= 4 is 6.01 Å². The standard InChI is InChI=1S/C8H14N4O2/c1-13-8(4-2-3-5-8)6-10-7(11-9)14-12-6/h2-5,9H2,1H3,(H,10,11,12). The highest BCUT2D eigenvalue weighted by Gasteiger charge is 2.40. The molecule has 0 aliphatic heterocycles. The first-order valence-corrected chi connectivity index (χ1v) is 4.67. The molecule has 3 N–H and O–H groups in total. The summed E-state index contributed by atoms with van der Waals surface area (Å²) in [5.74, 6) is 5.75. The van der Waals surface area contributed by atoms with Gasteiger partial charge in [-0.05, 0) is 25.7 Å². The maximum Gasteiger partial charge on any atom is 0.335 e. The normalized spacial score (nSPS) is 19.9.